The van der Waals surface area contributed by atoms with E-state index in [4.69, 9.17) is 11.6 Å². The van der Waals surface area contributed by atoms with Gasteiger partial charge in [0.1, 0.15) is 12.4 Å². The van der Waals surface area contributed by atoms with Gasteiger partial charge in [0.25, 0.3) is 0 Å². The van der Waals surface area contributed by atoms with Gasteiger partial charge < -0.3 is 10.1 Å². The predicted molar refractivity (Wildman–Crippen MR) is 61.4 cm³/mol. The molecule has 102 valence electrons. The van der Waals surface area contributed by atoms with E-state index in [0.29, 0.717) is 23.7 Å². The molecule has 0 atom stereocenters. The van der Waals surface area contributed by atoms with Gasteiger partial charge in [-0.25, -0.2) is 4.39 Å². The minimum Gasteiger partial charge on any atom is -0.384 e. The predicted octanol–water partition coefficient (Wildman–Crippen LogP) is 3.86. The van der Waals surface area contributed by atoms with Crippen LogP contribution >= 0.6 is 11.6 Å². The van der Waals surface area contributed by atoms with E-state index >= 15 is 0 Å². The lowest BCUT2D eigenvalue weighted by Crippen LogP contribution is -2.18. The molecule has 1 aromatic rings. The fourth-order valence-electron chi connectivity index (χ4n) is 1.22. The summed E-state index contributed by atoms with van der Waals surface area (Å²) < 4.78 is 52.5. The molecular formula is C11H12ClF4NO. The Morgan fingerprint density at radius 2 is 2.00 bits per heavy atom. The van der Waals surface area contributed by atoms with Gasteiger partial charge in [-0.1, -0.05) is 11.6 Å². The highest BCUT2D eigenvalue weighted by molar-refractivity contribution is 6.33. The number of benzene rings is 1. The fourth-order valence-corrected chi connectivity index (χ4v) is 1.40. The van der Waals surface area contributed by atoms with E-state index in [1.54, 1.807) is 0 Å². The van der Waals surface area contributed by atoms with Gasteiger partial charge in [-0.3, -0.25) is 0 Å². The van der Waals surface area contributed by atoms with Crippen molar-refractivity contribution >= 4 is 17.3 Å². The van der Waals surface area contributed by atoms with Crippen LogP contribution in [0.5, 0.6) is 0 Å². The first-order chi connectivity index (χ1) is 8.38. The van der Waals surface area contributed by atoms with Crippen LogP contribution in [0.2, 0.25) is 5.02 Å². The minimum absolute atomic E-state index is 0.0283. The largest absolute Gasteiger partial charge is 0.411 e. The Labute approximate surface area is 107 Å². The first kappa shape index (κ1) is 15.0. The average molecular weight is 286 g/mol. The molecule has 0 radical (unpaired) electrons. The van der Waals surface area contributed by atoms with Crippen molar-refractivity contribution in [3.63, 3.8) is 0 Å². The number of halogens is 5. The van der Waals surface area contributed by atoms with E-state index in [-0.39, 0.29) is 6.61 Å². The Morgan fingerprint density at radius 1 is 1.28 bits per heavy atom. The van der Waals surface area contributed by atoms with Crippen molar-refractivity contribution in [1.29, 1.82) is 0 Å². The summed E-state index contributed by atoms with van der Waals surface area (Å²) in [6.45, 7) is -0.936. The molecule has 0 spiro atoms. The van der Waals surface area contributed by atoms with Crippen molar-refractivity contribution in [2.75, 3.05) is 25.1 Å². The summed E-state index contributed by atoms with van der Waals surface area (Å²) in [6.07, 6.45) is -3.94. The van der Waals surface area contributed by atoms with Crippen molar-refractivity contribution in [1.82, 2.24) is 0 Å². The molecule has 1 rings (SSSR count). The van der Waals surface area contributed by atoms with E-state index in [2.05, 4.69) is 10.1 Å². The molecule has 0 bridgehead atoms. The van der Waals surface area contributed by atoms with Gasteiger partial charge >= 0.3 is 6.18 Å². The SMILES string of the molecule is Fc1ccc(Cl)c(NCCCOCC(F)(F)F)c1. The van der Waals surface area contributed by atoms with Crippen molar-refractivity contribution in [2.24, 2.45) is 0 Å². The van der Waals surface area contributed by atoms with Crippen LogP contribution in [0.25, 0.3) is 0 Å². The van der Waals surface area contributed by atoms with Crippen LogP contribution in [0.4, 0.5) is 23.2 Å². The molecule has 0 amide bonds. The lowest BCUT2D eigenvalue weighted by Gasteiger charge is -2.10. The Morgan fingerprint density at radius 3 is 2.67 bits per heavy atom. The number of rotatable bonds is 6. The summed E-state index contributed by atoms with van der Waals surface area (Å²) in [5, 5.41) is 3.17. The van der Waals surface area contributed by atoms with Crippen molar-refractivity contribution < 1.29 is 22.3 Å². The van der Waals surface area contributed by atoms with Gasteiger partial charge in [-0.2, -0.15) is 13.2 Å². The third-order valence-electron chi connectivity index (χ3n) is 1.98. The molecule has 0 unspecified atom stereocenters. The smallest absolute Gasteiger partial charge is 0.384 e. The van der Waals surface area contributed by atoms with Gasteiger partial charge in [-0.05, 0) is 24.6 Å². The number of anilines is 1. The third kappa shape index (κ3) is 6.07. The molecule has 0 aromatic heterocycles. The van der Waals surface area contributed by atoms with Crippen molar-refractivity contribution in [3.05, 3.63) is 29.0 Å². The molecule has 0 fully saturated rings. The molecule has 18 heavy (non-hydrogen) atoms. The van der Waals surface area contributed by atoms with Crippen LogP contribution in [0, 0.1) is 5.82 Å². The Bertz CT molecular complexity index is 384. The van der Waals surface area contributed by atoms with E-state index in [1.807, 2.05) is 0 Å². The number of ether oxygens (including phenoxy) is 1. The number of alkyl halides is 3. The molecule has 0 heterocycles. The maximum atomic E-state index is 12.9. The number of hydrogen-bond donors (Lipinski definition) is 1. The highest BCUT2D eigenvalue weighted by atomic mass is 35.5. The maximum absolute atomic E-state index is 12.9. The summed E-state index contributed by atoms with van der Waals surface area (Å²) >= 11 is 5.79. The lowest BCUT2D eigenvalue weighted by atomic mass is 10.3. The minimum atomic E-state index is -4.31. The zero-order valence-electron chi connectivity index (χ0n) is 9.36. The standard InChI is InChI=1S/C11H12ClF4NO/c12-9-3-2-8(13)6-10(9)17-4-1-5-18-7-11(14,15)16/h2-3,6,17H,1,4-5,7H2. The number of nitrogens with one attached hydrogen (secondary N) is 1. The molecule has 0 saturated carbocycles. The van der Waals surface area contributed by atoms with Crippen LogP contribution in [-0.2, 0) is 4.74 Å². The second-order valence-electron chi connectivity index (χ2n) is 3.57. The Kier molecular flexibility index (Phi) is 5.68. The molecule has 0 saturated heterocycles. The zero-order chi connectivity index (χ0) is 13.6. The third-order valence-corrected chi connectivity index (χ3v) is 2.30. The second kappa shape index (κ2) is 6.80. The average Bonchev–Trinajstić information content (AvgIpc) is 2.26. The molecule has 7 heteroatoms. The molecule has 0 aliphatic rings. The molecule has 1 N–H and O–H groups in total. The normalized spacial score (nSPS) is 11.6. The van der Waals surface area contributed by atoms with Crippen LogP contribution in [0.1, 0.15) is 6.42 Å². The van der Waals surface area contributed by atoms with Gasteiger partial charge in [0.15, 0.2) is 0 Å². The second-order valence-corrected chi connectivity index (χ2v) is 3.98. The van der Waals surface area contributed by atoms with E-state index in [1.165, 1.54) is 18.2 Å². The highest BCUT2D eigenvalue weighted by Crippen LogP contribution is 2.22. The number of hydrogen-bond acceptors (Lipinski definition) is 2. The van der Waals surface area contributed by atoms with Crippen LogP contribution in [0.3, 0.4) is 0 Å². The van der Waals surface area contributed by atoms with Crippen LogP contribution in [0.15, 0.2) is 18.2 Å². The van der Waals surface area contributed by atoms with E-state index in [0.717, 1.165) is 0 Å². The molecule has 0 aliphatic carbocycles. The van der Waals surface area contributed by atoms with Gasteiger partial charge in [0.2, 0.25) is 0 Å². The van der Waals surface area contributed by atoms with Crippen molar-refractivity contribution in [3.8, 4) is 0 Å². The highest BCUT2D eigenvalue weighted by Gasteiger charge is 2.27. The van der Waals surface area contributed by atoms with E-state index < -0.39 is 18.6 Å². The van der Waals surface area contributed by atoms with Crippen LogP contribution in [-0.4, -0.2) is 25.9 Å². The summed E-state index contributed by atoms with van der Waals surface area (Å²) in [5.41, 5.74) is 0.410. The van der Waals surface area contributed by atoms with Crippen LogP contribution < -0.4 is 5.32 Å². The fraction of sp³-hybridized carbons (Fsp3) is 0.455. The van der Waals surface area contributed by atoms with Gasteiger partial charge in [0, 0.05) is 13.2 Å². The molecule has 1 aromatic carbocycles. The topological polar surface area (TPSA) is 21.3 Å². The lowest BCUT2D eigenvalue weighted by molar-refractivity contribution is -0.173. The maximum Gasteiger partial charge on any atom is 0.411 e. The zero-order valence-corrected chi connectivity index (χ0v) is 10.1. The van der Waals surface area contributed by atoms with Gasteiger partial charge in [0.05, 0.1) is 10.7 Å². The molecule has 0 aliphatic heterocycles. The quantitative estimate of drug-likeness (QED) is 0.633. The van der Waals surface area contributed by atoms with E-state index in [9.17, 15) is 17.6 Å². The Hall–Kier alpha value is -1.01. The first-order valence-electron chi connectivity index (χ1n) is 5.22. The van der Waals surface area contributed by atoms with Gasteiger partial charge in [-0.15, -0.1) is 0 Å². The molecule has 2 nitrogen and oxygen atoms in total. The summed E-state index contributed by atoms with van der Waals surface area (Å²) in [6, 6.07) is 3.85. The monoisotopic (exact) mass is 285 g/mol. The van der Waals surface area contributed by atoms with Crippen molar-refractivity contribution in [2.45, 2.75) is 12.6 Å². The Balaban J connectivity index is 2.20. The summed E-state index contributed by atoms with van der Waals surface area (Å²) in [5.74, 6) is -0.435. The summed E-state index contributed by atoms with van der Waals surface area (Å²) in [4.78, 5) is 0. The first-order valence-corrected chi connectivity index (χ1v) is 5.60. The summed E-state index contributed by atoms with van der Waals surface area (Å²) in [7, 11) is 0. The molecular weight excluding hydrogens is 274 g/mol.